The Bertz CT molecular complexity index is 422. The summed E-state index contributed by atoms with van der Waals surface area (Å²) in [5.74, 6) is -0.0809. The number of hydrazine groups is 1. The summed E-state index contributed by atoms with van der Waals surface area (Å²) >= 11 is 0. The van der Waals surface area contributed by atoms with Crippen molar-refractivity contribution in [3.8, 4) is 0 Å². The summed E-state index contributed by atoms with van der Waals surface area (Å²) in [7, 11) is 2.00. The van der Waals surface area contributed by atoms with Crippen molar-refractivity contribution in [2.24, 2.45) is 0 Å². The number of hydrogen-bond acceptors (Lipinski definition) is 6. The molecule has 0 saturated heterocycles. The Morgan fingerprint density at radius 3 is 2.63 bits per heavy atom. The molecule has 4 N–H and O–H groups in total. The summed E-state index contributed by atoms with van der Waals surface area (Å²) < 4.78 is 0. The van der Waals surface area contributed by atoms with E-state index in [1.54, 1.807) is 6.20 Å². The van der Waals surface area contributed by atoms with Crippen molar-refractivity contribution in [2.75, 3.05) is 0 Å². The van der Waals surface area contributed by atoms with E-state index < -0.39 is 18.2 Å². The molecular formula is C11H19N4O3P. The minimum absolute atomic E-state index is 0.0809. The van der Waals surface area contributed by atoms with Crippen molar-refractivity contribution in [3.05, 3.63) is 18.2 Å². The number of aliphatic hydroxyl groups is 1. The first-order valence-electron chi connectivity index (χ1n) is 5.88. The number of Topliss-reactive ketones (excluding diaryl/α,β-unsaturated/α-hetero) is 1. The fourth-order valence-corrected chi connectivity index (χ4v) is 1.89. The monoisotopic (exact) mass is 286 g/mol. The highest BCUT2D eigenvalue weighted by Gasteiger charge is 2.22. The summed E-state index contributed by atoms with van der Waals surface area (Å²) in [6.07, 6.45) is 2.71. The Hall–Kier alpha value is -1.14. The number of aromatic amines is 1. The minimum atomic E-state index is -0.864. The van der Waals surface area contributed by atoms with E-state index in [9.17, 15) is 14.7 Å². The number of rotatable bonds is 8. The van der Waals surface area contributed by atoms with Crippen molar-refractivity contribution in [2.45, 2.75) is 38.5 Å². The SMILES string of the molecule is CC(=O)[C@H](Cc1cnc[nH]1)NN[C@H](C(=O)P)[C@@H](C)O. The number of H-pyrrole nitrogens is 1. The van der Waals surface area contributed by atoms with Crippen LogP contribution in [0, 0.1) is 0 Å². The van der Waals surface area contributed by atoms with Crippen LogP contribution >= 0.6 is 9.24 Å². The van der Waals surface area contributed by atoms with Gasteiger partial charge in [0.25, 0.3) is 0 Å². The van der Waals surface area contributed by atoms with Crippen LogP contribution < -0.4 is 10.9 Å². The molecule has 0 radical (unpaired) electrons. The van der Waals surface area contributed by atoms with E-state index in [0.717, 1.165) is 5.69 Å². The lowest BCUT2D eigenvalue weighted by molar-refractivity contribution is -0.120. The Labute approximate surface area is 113 Å². The maximum absolute atomic E-state index is 11.5. The quantitative estimate of drug-likeness (QED) is 0.366. The second-order valence-electron chi connectivity index (χ2n) is 4.35. The van der Waals surface area contributed by atoms with Crippen LogP contribution in [-0.2, 0) is 16.0 Å². The van der Waals surface area contributed by atoms with Gasteiger partial charge in [0.2, 0.25) is 0 Å². The summed E-state index contributed by atoms with van der Waals surface area (Å²) in [6.45, 7) is 2.95. The van der Waals surface area contributed by atoms with Crippen molar-refractivity contribution < 1.29 is 14.7 Å². The van der Waals surface area contributed by atoms with Crippen molar-refractivity contribution >= 4 is 20.5 Å². The van der Waals surface area contributed by atoms with Gasteiger partial charge in [0, 0.05) is 18.3 Å². The highest BCUT2D eigenvalue weighted by atomic mass is 31.0. The molecule has 1 aromatic heterocycles. The van der Waals surface area contributed by atoms with E-state index in [0.29, 0.717) is 6.42 Å². The summed E-state index contributed by atoms with van der Waals surface area (Å²) in [5, 5.41) is 9.45. The smallest absolute Gasteiger partial charge is 0.168 e. The van der Waals surface area contributed by atoms with Gasteiger partial charge in [0.1, 0.15) is 11.8 Å². The predicted octanol–water partition coefficient (Wildman–Crippen LogP) is -0.845. The van der Waals surface area contributed by atoms with Crippen molar-refractivity contribution in [3.63, 3.8) is 0 Å². The van der Waals surface area contributed by atoms with Gasteiger partial charge in [-0.3, -0.25) is 9.59 Å². The fraction of sp³-hybridized carbons (Fsp3) is 0.545. The van der Waals surface area contributed by atoms with Gasteiger partial charge in [-0.1, -0.05) is 9.24 Å². The number of ketones is 1. The number of hydrogen-bond donors (Lipinski definition) is 4. The number of nitrogens with zero attached hydrogens (tertiary/aromatic N) is 1. The van der Waals surface area contributed by atoms with E-state index >= 15 is 0 Å². The van der Waals surface area contributed by atoms with Crippen LogP contribution in [0.3, 0.4) is 0 Å². The largest absolute Gasteiger partial charge is 0.391 e. The highest BCUT2D eigenvalue weighted by Crippen LogP contribution is 2.02. The fourth-order valence-electron chi connectivity index (χ4n) is 1.53. The van der Waals surface area contributed by atoms with Gasteiger partial charge in [-0.2, -0.15) is 0 Å². The average Bonchev–Trinajstić information content (AvgIpc) is 2.79. The number of aliphatic hydroxyl groups excluding tert-OH is 1. The summed E-state index contributed by atoms with van der Waals surface area (Å²) in [5.41, 5.74) is 5.99. The number of aromatic nitrogens is 2. The Morgan fingerprint density at radius 1 is 1.53 bits per heavy atom. The lowest BCUT2D eigenvalue weighted by Gasteiger charge is -2.22. The summed E-state index contributed by atoms with van der Waals surface area (Å²) in [6, 6.07) is -1.29. The van der Waals surface area contributed by atoms with E-state index in [2.05, 4.69) is 20.8 Å². The first kappa shape index (κ1) is 15.9. The average molecular weight is 286 g/mol. The molecule has 4 atom stereocenters. The van der Waals surface area contributed by atoms with Gasteiger partial charge < -0.3 is 10.1 Å². The maximum atomic E-state index is 11.5. The molecule has 0 aliphatic heterocycles. The Morgan fingerprint density at radius 2 is 2.21 bits per heavy atom. The van der Waals surface area contributed by atoms with Crippen LogP contribution in [0.15, 0.2) is 12.5 Å². The van der Waals surface area contributed by atoms with E-state index in [4.69, 9.17) is 0 Å². The zero-order chi connectivity index (χ0) is 14.4. The maximum Gasteiger partial charge on any atom is 0.168 e. The molecule has 0 spiro atoms. The molecule has 8 heteroatoms. The van der Waals surface area contributed by atoms with Crippen LogP contribution in [0.5, 0.6) is 0 Å². The normalized spacial score (nSPS) is 15.8. The zero-order valence-corrected chi connectivity index (χ0v) is 12.0. The molecule has 0 bridgehead atoms. The predicted molar refractivity (Wildman–Crippen MR) is 73.2 cm³/mol. The number of imidazole rings is 1. The lowest BCUT2D eigenvalue weighted by atomic mass is 10.1. The van der Waals surface area contributed by atoms with Gasteiger partial charge in [-0.25, -0.2) is 15.8 Å². The van der Waals surface area contributed by atoms with Gasteiger partial charge in [-0.15, -0.1) is 0 Å². The standard InChI is InChI=1S/C11H19N4O3P/c1-6(16)9(3-8-4-12-5-13-8)14-15-10(7(2)17)11(18)19/h4-5,7,9-10,14-15,17H,3,19H2,1-2H3,(H,12,13)/t7-,9+,10+/m1/s1. The molecule has 19 heavy (non-hydrogen) atoms. The minimum Gasteiger partial charge on any atom is -0.391 e. The molecule has 0 aliphatic carbocycles. The number of carbonyl (C=O) groups excluding carboxylic acids is 2. The topological polar surface area (TPSA) is 107 Å². The molecule has 7 nitrogen and oxygen atoms in total. The van der Waals surface area contributed by atoms with Gasteiger partial charge in [-0.05, 0) is 13.8 Å². The molecule has 1 aromatic rings. The van der Waals surface area contributed by atoms with E-state index in [-0.39, 0.29) is 11.3 Å². The third kappa shape index (κ3) is 5.16. The first-order valence-corrected chi connectivity index (χ1v) is 6.45. The van der Waals surface area contributed by atoms with Crippen molar-refractivity contribution in [1.29, 1.82) is 0 Å². The summed E-state index contributed by atoms with van der Waals surface area (Å²) in [4.78, 5) is 29.6. The second-order valence-corrected chi connectivity index (χ2v) is 4.92. The van der Waals surface area contributed by atoms with E-state index in [1.807, 2.05) is 9.24 Å². The molecule has 1 unspecified atom stereocenters. The number of nitrogens with one attached hydrogen (secondary N) is 3. The molecule has 0 amide bonds. The molecule has 1 heterocycles. The molecule has 0 saturated carbocycles. The Balaban J connectivity index is 2.59. The molecule has 1 rings (SSSR count). The Kier molecular flexibility index (Phi) is 6.24. The van der Waals surface area contributed by atoms with Gasteiger partial charge >= 0.3 is 0 Å². The molecule has 0 fully saturated rings. The van der Waals surface area contributed by atoms with Crippen LogP contribution in [0.25, 0.3) is 0 Å². The van der Waals surface area contributed by atoms with Gasteiger partial charge in [0.15, 0.2) is 5.52 Å². The second kappa shape index (κ2) is 7.45. The van der Waals surface area contributed by atoms with Gasteiger partial charge in [0.05, 0.1) is 18.5 Å². The van der Waals surface area contributed by atoms with E-state index in [1.165, 1.54) is 20.2 Å². The van der Waals surface area contributed by atoms with Crippen LogP contribution in [0.2, 0.25) is 0 Å². The molecule has 0 aliphatic rings. The third-order valence-corrected chi connectivity index (χ3v) is 3.03. The third-order valence-electron chi connectivity index (χ3n) is 2.67. The molecular weight excluding hydrogens is 267 g/mol. The van der Waals surface area contributed by atoms with Crippen LogP contribution in [0.4, 0.5) is 0 Å². The van der Waals surface area contributed by atoms with Crippen LogP contribution in [-0.4, -0.2) is 44.6 Å². The lowest BCUT2D eigenvalue weighted by Crippen LogP contribution is -2.55. The molecule has 106 valence electrons. The highest BCUT2D eigenvalue weighted by molar-refractivity contribution is 7.40. The zero-order valence-electron chi connectivity index (χ0n) is 10.9. The van der Waals surface area contributed by atoms with Crippen molar-refractivity contribution in [1.82, 2.24) is 20.8 Å². The molecule has 0 aromatic carbocycles. The van der Waals surface area contributed by atoms with Crippen LogP contribution in [0.1, 0.15) is 19.5 Å². The number of carbonyl (C=O) groups is 2. The first-order chi connectivity index (χ1) is 8.91.